The van der Waals surface area contributed by atoms with E-state index in [4.69, 9.17) is 10.5 Å². The molecule has 4 N–H and O–H groups in total. The standard InChI is InChI=1S/C27H34FN5O4/c1-15-9-8-12-21(29)24(15)30-26(35)19-13-20(28)22(33-27(36)32(4)25(31-33)16(2)34)14-23(19)37-17(3)18-10-6-5-7-11-18/h8-9,12-14,16-18,34H,5-7,10-11,29H2,1-4H3,(H,30,35). The largest absolute Gasteiger partial charge is 0.490 e. The van der Waals surface area contributed by atoms with E-state index in [0.717, 1.165) is 46.6 Å². The second kappa shape index (κ2) is 10.8. The molecule has 2 atom stereocenters. The number of nitrogens with one attached hydrogen (secondary N) is 1. The fourth-order valence-corrected chi connectivity index (χ4v) is 4.90. The van der Waals surface area contributed by atoms with Crippen LogP contribution in [0.15, 0.2) is 35.1 Å². The van der Waals surface area contributed by atoms with Crippen LogP contribution in [0.2, 0.25) is 0 Å². The zero-order valence-corrected chi connectivity index (χ0v) is 21.6. The van der Waals surface area contributed by atoms with Crippen molar-refractivity contribution in [1.29, 1.82) is 0 Å². The number of nitrogens with zero attached hydrogens (tertiary/aromatic N) is 3. The Balaban J connectivity index is 1.78. The van der Waals surface area contributed by atoms with Gasteiger partial charge in [0, 0.05) is 13.1 Å². The molecule has 2 unspecified atom stereocenters. The molecule has 1 amide bonds. The minimum absolute atomic E-state index is 0.0220. The lowest BCUT2D eigenvalue weighted by Crippen LogP contribution is -2.28. The van der Waals surface area contributed by atoms with Crippen LogP contribution in [0.5, 0.6) is 5.75 Å². The van der Waals surface area contributed by atoms with Crippen LogP contribution >= 0.6 is 0 Å². The van der Waals surface area contributed by atoms with Gasteiger partial charge in [-0.2, -0.15) is 4.68 Å². The molecule has 10 heteroatoms. The molecule has 198 valence electrons. The van der Waals surface area contributed by atoms with Gasteiger partial charge < -0.3 is 20.9 Å². The maximum Gasteiger partial charge on any atom is 0.350 e. The van der Waals surface area contributed by atoms with Gasteiger partial charge in [0.25, 0.3) is 5.91 Å². The van der Waals surface area contributed by atoms with Crippen molar-refractivity contribution < 1.29 is 19.0 Å². The van der Waals surface area contributed by atoms with E-state index in [1.807, 2.05) is 19.9 Å². The average Bonchev–Trinajstić information content (AvgIpc) is 3.17. The Kier molecular flexibility index (Phi) is 7.68. The molecule has 1 saturated carbocycles. The number of aromatic nitrogens is 3. The number of nitrogen functional groups attached to an aromatic ring is 1. The number of hydrogen-bond donors (Lipinski definition) is 3. The summed E-state index contributed by atoms with van der Waals surface area (Å²) in [5.74, 6) is -0.910. The van der Waals surface area contributed by atoms with Crippen LogP contribution in [0.1, 0.15) is 73.8 Å². The predicted molar refractivity (Wildman–Crippen MR) is 140 cm³/mol. The maximum atomic E-state index is 15.5. The van der Waals surface area contributed by atoms with Gasteiger partial charge in [-0.25, -0.2) is 9.18 Å². The van der Waals surface area contributed by atoms with Gasteiger partial charge in [0.15, 0.2) is 5.82 Å². The molecule has 3 aromatic rings. The second-order valence-corrected chi connectivity index (χ2v) is 9.80. The van der Waals surface area contributed by atoms with Gasteiger partial charge >= 0.3 is 5.69 Å². The summed E-state index contributed by atoms with van der Waals surface area (Å²) in [4.78, 5) is 26.2. The fourth-order valence-electron chi connectivity index (χ4n) is 4.90. The Hall–Kier alpha value is -3.66. The van der Waals surface area contributed by atoms with Gasteiger partial charge in [-0.3, -0.25) is 9.36 Å². The first kappa shape index (κ1) is 26.4. The summed E-state index contributed by atoms with van der Waals surface area (Å²) in [5, 5.41) is 16.9. The van der Waals surface area contributed by atoms with E-state index in [1.54, 1.807) is 12.1 Å². The molecule has 1 fully saturated rings. The number of rotatable bonds is 7. The number of carbonyl (C=O) groups excluding carboxylic acids is 1. The molecule has 1 aromatic heterocycles. The van der Waals surface area contributed by atoms with Gasteiger partial charge in [0.1, 0.15) is 23.4 Å². The number of carbonyl (C=O) groups is 1. The second-order valence-electron chi connectivity index (χ2n) is 9.80. The number of anilines is 2. The number of aliphatic hydroxyl groups is 1. The third-order valence-corrected chi connectivity index (χ3v) is 7.08. The van der Waals surface area contributed by atoms with E-state index in [-0.39, 0.29) is 28.9 Å². The molecule has 2 aromatic carbocycles. The highest BCUT2D eigenvalue weighted by atomic mass is 19.1. The minimum Gasteiger partial charge on any atom is -0.490 e. The van der Waals surface area contributed by atoms with E-state index in [0.29, 0.717) is 17.3 Å². The van der Waals surface area contributed by atoms with E-state index in [1.165, 1.54) is 26.5 Å². The Bertz CT molecular complexity index is 1340. The number of para-hydroxylation sites is 1. The van der Waals surface area contributed by atoms with Crippen LogP contribution in [0, 0.1) is 18.7 Å². The Morgan fingerprint density at radius 3 is 2.57 bits per heavy atom. The molecule has 4 rings (SSSR count). The monoisotopic (exact) mass is 511 g/mol. The molecule has 0 spiro atoms. The lowest BCUT2D eigenvalue weighted by molar-refractivity contribution is 0.0997. The molecule has 1 heterocycles. The number of aliphatic hydroxyl groups excluding tert-OH is 1. The molecule has 1 aliphatic rings. The Morgan fingerprint density at radius 1 is 1.24 bits per heavy atom. The summed E-state index contributed by atoms with van der Waals surface area (Å²) in [6.45, 7) is 5.22. The van der Waals surface area contributed by atoms with E-state index in [2.05, 4.69) is 10.4 Å². The van der Waals surface area contributed by atoms with E-state index < -0.39 is 23.5 Å². The molecular formula is C27H34FN5O4. The number of hydrogen-bond acceptors (Lipinski definition) is 6. The Labute approximate surface area is 215 Å². The number of halogens is 1. The molecule has 1 aliphatic carbocycles. The smallest absolute Gasteiger partial charge is 0.350 e. The third-order valence-electron chi connectivity index (χ3n) is 7.08. The molecule has 0 aliphatic heterocycles. The van der Waals surface area contributed by atoms with Gasteiger partial charge in [-0.15, -0.1) is 5.10 Å². The van der Waals surface area contributed by atoms with Gasteiger partial charge in [-0.05, 0) is 57.2 Å². The van der Waals surface area contributed by atoms with Gasteiger partial charge in [0.05, 0.1) is 23.0 Å². The highest BCUT2D eigenvalue weighted by molar-refractivity contribution is 6.08. The zero-order valence-electron chi connectivity index (χ0n) is 21.6. The van der Waals surface area contributed by atoms with Crippen molar-refractivity contribution in [3.05, 3.63) is 63.6 Å². The minimum atomic E-state index is -1.03. The molecule has 9 nitrogen and oxygen atoms in total. The molecule has 0 saturated heterocycles. The first-order valence-electron chi connectivity index (χ1n) is 12.6. The molecular weight excluding hydrogens is 477 g/mol. The molecule has 37 heavy (non-hydrogen) atoms. The first-order valence-corrected chi connectivity index (χ1v) is 12.6. The number of ether oxygens (including phenoxy) is 1. The van der Waals surface area contributed by atoms with Crippen molar-refractivity contribution in [3.8, 4) is 11.4 Å². The summed E-state index contributed by atoms with van der Waals surface area (Å²) in [6.07, 6.45) is 4.15. The quantitative estimate of drug-likeness (QED) is 0.407. The number of nitrogens with two attached hydrogens (primary N) is 1. The van der Waals surface area contributed by atoms with Gasteiger partial charge in [0.2, 0.25) is 0 Å². The van der Waals surface area contributed by atoms with E-state index >= 15 is 4.39 Å². The highest BCUT2D eigenvalue weighted by Gasteiger charge is 2.27. The first-order chi connectivity index (χ1) is 17.6. The topological polar surface area (TPSA) is 124 Å². The van der Waals surface area contributed by atoms with Crippen molar-refractivity contribution in [1.82, 2.24) is 14.3 Å². The number of aryl methyl sites for hydroxylation is 1. The Morgan fingerprint density at radius 2 is 1.95 bits per heavy atom. The highest BCUT2D eigenvalue weighted by Crippen LogP contribution is 2.33. The zero-order chi connectivity index (χ0) is 26.9. The van der Waals surface area contributed by atoms with Crippen LogP contribution in [-0.2, 0) is 7.05 Å². The van der Waals surface area contributed by atoms with E-state index in [9.17, 15) is 14.7 Å². The molecule has 0 bridgehead atoms. The average molecular weight is 512 g/mol. The van der Waals surface area contributed by atoms with Crippen LogP contribution < -0.4 is 21.5 Å². The van der Waals surface area contributed by atoms with Crippen molar-refractivity contribution in [2.45, 2.75) is 65.1 Å². The lowest BCUT2D eigenvalue weighted by atomic mass is 9.86. The fraction of sp³-hybridized carbons (Fsp3) is 0.444. The van der Waals surface area contributed by atoms with Crippen molar-refractivity contribution >= 4 is 17.3 Å². The van der Waals surface area contributed by atoms with Crippen LogP contribution in [0.25, 0.3) is 5.69 Å². The summed E-state index contributed by atoms with van der Waals surface area (Å²) < 4.78 is 23.8. The van der Waals surface area contributed by atoms with Crippen LogP contribution in [0.4, 0.5) is 15.8 Å². The SMILES string of the molecule is Cc1cccc(N)c1NC(=O)c1cc(F)c(-n2nc(C(C)O)n(C)c2=O)cc1OC(C)C1CCCCC1. The maximum absolute atomic E-state index is 15.5. The van der Waals surface area contributed by atoms with Crippen molar-refractivity contribution in [2.75, 3.05) is 11.1 Å². The number of amides is 1. The summed E-state index contributed by atoms with van der Waals surface area (Å²) in [6, 6.07) is 7.63. The summed E-state index contributed by atoms with van der Waals surface area (Å²) in [5.41, 5.74) is 6.81. The van der Waals surface area contributed by atoms with Crippen LogP contribution in [0.3, 0.4) is 0 Å². The van der Waals surface area contributed by atoms with Gasteiger partial charge in [-0.1, -0.05) is 31.4 Å². The van der Waals surface area contributed by atoms with Crippen LogP contribution in [-0.4, -0.2) is 31.5 Å². The summed E-state index contributed by atoms with van der Waals surface area (Å²) >= 11 is 0. The lowest BCUT2D eigenvalue weighted by Gasteiger charge is -2.29. The van der Waals surface area contributed by atoms with Crippen molar-refractivity contribution in [2.24, 2.45) is 13.0 Å². The number of benzene rings is 2. The predicted octanol–water partition coefficient (Wildman–Crippen LogP) is 4.25. The summed E-state index contributed by atoms with van der Waals surface area (Å²) in [7, 11) is 1.45. The molecule has 0 radical (unpaired) electrons. The third kappa shape index (κ3) is 5.39. The normalized spacial score (nSPS) is 15.8. The van der Waals surface area contributed by atoms with Crippen molar-refractivity contribution in [3.63, 3.8) is 0 Å².